The van der Waals surface area contributed by atoms with E-state index in [0.717, 1.165) is 46.6 Å². The number of hydrogen-bond acceptors (Lipinski definition) is 4. The van der Waals surface area contributed by atoms with Crippen molar-refractivity contribution in [3.05, 3.63) is 114 Å². The molecular formula is C28H26N2O2S. The fourth-order valence-electron chi connectivity index (χ4n) is 4.34. The second-order valence-electron chi connectivity index (χ2n) is 8.22. The van der Waals surface area contributed by atoms with Crippen LogP contribution in [0.25, 0.3) is 0 Å². The summed E-state index contributed by atoms with van der Waals surface area (Å²) in [5.74, 6) is 1.87. The molecule has 0 radical (unpaired) electrons. The topological polar surface area (TPSA) is 44.1 Å². The monoisotopic (exact) mass is 454 g/mol. The normalized spacial score (nSPS) is 14.0. The average molecular weight is 455 g/mol. The summed E-state index contributed by atoms with van der Waals surface area (Å²) < 4.78 is 8.76. The molecule has 4 aromatic rings. The van der Waals surface area contributed by atoms with Gasteiger partial charge in [-0.05, 0) is 48.2 Å². The Balaban J connectivity index is 1.50. The Morgan fingerprint density at radius 3 is 2.52 bits per heavy atom. The predicted molar refractivity (Wildman–Crippen MR) is 132 cm³/mol. The zero-order valence-electron chi connectivity index (χ0n) is 18.4. The van der Waals surface area contributed by atoms with E-state index in [1.165, 1.54) is 4.90 Å². The first-order chi connectivity index (χ1) is 16.3. The summed E-state index contributed by atoms with van der Waals surface area (Å²) in [6, 6.07) is 24.6. The lowest BCUT2D eigenvalue weighted by atomic mass is 9.87. The number of imidazole rings is 1. The molecule has 1 unspecified atom stereocenters. The fraction of sp³-hybridized carbons (Fsp3) is 0.214. The Hall–Kier alpha value is -3.31. The number of carbonyl (C=O) groups is 1. The Kier molecular flexibility index (Phi) is 6.58. The van der Waals surface area contributed by atoms with Gasteiger partial charge in [0, 0.05) is 40.6 Å². The molecule has 4 nitrogen and oxygen atoms in total. The molecular weight excluding hydrogens is 428 g/mol. The van der Waals surface area contributed by atoms with E-state index in [1.807, 2.05) is 53.5 Å². The van der Waals surface area contributed by atoms with Crippen molar-refractivity contribution in [1.29, 1.82) is 0 Å². The molecule has 0 bridgehead atoms. The van der Waals surface area contributed by atoms with E-state index >= 15 is 0 Å². The first-order valence-corrected chi connectivity index (χ1v) is 12.3. The highest BCUT2D eigenvalue weighted by atomic mass is 32.2. The van der Waals surface area contributed by atoms with Crippen molar-refractivity contribution in [1.82, 2.24) is 9.55 Å². The molecule has 0 spiro atoms. The Morgan fingerprint density at radius 1 is 0.970 bits per heavy atom. The Bertz CT molecular complexity index is 1210. The van der Waals surface area contributed by atoms with Gasteiger partial charge in [0.2, 0.25) is 0 Å². The number of rotatable bonds is 8. The van der Waals surface area contributed by atoms with Crippen LogP contribution in [-0.2, 0) is 18.7 Å². The number of hydrogen-bond donors (Lipinski definition) is 0. The van der Waals surface area contributed by atoms with Gasteiger partial charge in [-0.15, -0.1) is 11.8 Å². The van der Waals surface area contributed by atoms with Crippen molar-refractivity contribution in [2.24, 2.45) is 0 Å². The van der Waals surface area contributed by atoms with Crippen molar-refractivity contribution >= 4 is 17.5 Å². The summed E-state index contributed by atoms with van der Waals surface area (Å²) in [5.41, 5.74) is 4.27. The molecule has 0 saturated heterocycles. The van der Waals surface area contributed by atoms with Crippen LogP contribution >= 0.6 is 11.8 Å². The number of carbonyl (C=O) groups excluding carboxylic acids is 1. The van der Waals surface area contributed by atoms with Crippen LogP contribution in [0.5, 0.6) is 5.75 Å². The van der Waals surface area contributed by atoms with Gasteiger partial charge in [0.15, 0.2) is 5.78 Å². The van der Waals surface area contributed by atoms with Crippen molar-refractivity contribution in [2.75, 3.05) is 0 Å². The molecule has 0 aliphatic heterocycles. The first kappa shape index (κ1) is 21.5. The molecule has 3 aromatic carbocycles. The van der Waals surface area contributed by atoms with Crippen LogP contribution in [-0.4, -0.2) is 15.3 Å². The van der Waals surface area contributed by atoms with Gasteiger partial charge in [-0.1, -0.05) is 48.5 Å². The summed E-state index contributed by atoms with van der Waals surface area (Å²) in [4.78, 5) is 18.0. The van der Waals surface area contributed by atoms with Crippen LogP contribution < -0.4 is 4.74 Å². The van der Waals surface area contributed by atoms with Gasteiger partial charge in [0.25, 0.3) is 0 Å². The highest BCUT2D eigenvalue weighted by molar-refractivity contribution is 7.98. The van der Waals surface area contributed by atoms with Gasteiger partial charge in [0.05, 0.1) is 12.9 Å². The van der Waals surface area contributed by atoms with Gasteiger partial charge in [-0.2, -0.15) is 0 Å². The molecule has 1 aliphatic rings. The van der Waals surface area contributed by atoms with Crippen molar-refractivity contribution in [2.45, 2.75) is 42.6 Å². The second-order valence-corrected chi connectivity index (χ2v) is 9.27. The van der Waals surface area contributed by atoms with Gasteiger partial charge < -0.3 is 9.30 Å². The Morgan fingerprint density at radius 2 is 1.76 bits per heavy atom. The molecule has 0 N–H and O–H groups in total. The van der Waals surface area contributed by atoms with Crippen LogP contribution in [0.15, 0.2) is 96.4 Å². The summed E-state index contributed by atoms with van der Waals surface area (Å²) in [5, 5.41) is 0. The van der Waals surface area contributed by atoms with Crippen LogP contribution in [0.2, 0.25) is 0 Å². The first-order valence-electron chi connectivity index (χ1n) is 11.3. The minimum absolute atomic E-state index is 0.168. The van der Waals surface area contributed by atoms with Crippen LogP contribution in [0.3, 0.4) is 0 Å². The molecule has 5 heteroatoms. The lowest BCUT2D eigenvalue weighted by Crippen LogP contribution is -2.18. The van der Waals surface area contributed by atoms with E-state index in [9.17, 15) is 4.79 Å². The van der Waals surface area contributed by atoms with E-state index < -0.39 is 0 Å². The summed E-state index contributed by atoms with van der Waals surface area (Å²) >= 11 is 1.78. The maximum absolute atomic E-state index is 12.6. The molecule has 1 heterocycles. The van der Waals surface area contributed by atoms with Gasteiger partial charge in [0.1, 0.15) is 11.9 Å². The van der Waals surface area contributed by atoms with E-state index in [1.54, 1.807) is 18.0 Å². The van der Waals surface area contributed by atoms with E-state index in [0.29, 0.717) is 13.0 Å². The largest absolute Gasteiger partial charge is 0.484 e. The SMILES string of the molecule is O=C1CCCc2c1ccc(OC(Cn1ccnc1)c1ccccc1)c2CSc1ccccc1. The number of thioether (sulfide) groups is 1. The number of ketones is 1. The van der Waals surface area contributed by atoms with Crippen LogP contribution in [0.4, 0.5) is 0 Å². The van der Waals surface area contributed by atoms with Crippen LogP contribution in [0, 0.1) is 0 Å². The molecule has 5 rings (SSSR count). The lowest BCUT2D eigenvalue weighted by Gasteiger charge is -2.25. The number of Topliss-reactive ketones (excluding diaryl/α,β-unsaturated/α-hetero) is 1. The number of fused-ring (bicyclic) bond motifs is 1. The summed E-state index contributed by atoms with van der Waals surface area (Å²) in [7, 11) is 0. The zero-order chi connectivity index (χ0) is 22.5. The minimum atomic E-state index is -0.168. The molecule has 1 atom stereocenters. The maximum atomic E-state index is 12.6. The zero-order valence-corrected chi connectivity index (χ0v) is 19.2. The van der Waals surface area contributed by atoms with Gasteiger partial charge >= 0.3 is 0 Å². The van der Waals surface area contributed by atoms with E-state index in [4.69, 9.17) is 4.74 Å². The summed E-state index contributed by atoms with van der Waals surface area (Å²) in [6.45, 7) is 0.658. The van der Waals surface area contributed by atoms with Crippen molar-refractivity contribution < 1.29 is 9.53 Å². The molecule has 1 aliphatic carbocycles. The number of aromatic nitrogens is 2. The standard InChI is InChI=1S/C28H26N2O2S/c31-26-13-7-12-23-24(26)14-15-27(25(23)19-33-22-10-5-2-6-11-22)32-28(18-30-17-16-29-20-30)21-8-3-1-4-9-21/h1-6,8-11,14-17,20,28H,7,12-13,18-19H2. The third-order valence-electron chi connectivity index (χ3n) is 6.02. The van der Waals surface area contributed by atoms with Gasteiger partial charge in [-0.25, -0.2) is 4.98 Å². The molecule has 0 saturated carbocycles. The predicted octanol–water partition coefficient (Wildman–Crippen LogP) is 6.51. The maximum Gasteiger partial charge on any atom is 0.163 e. The molecule has 0 amide bonds. The third-order valence-corrected chi connectivity index (χ3v) is 7.06. The van der Waals surface area contributed by atoms with E-state index in [2.05, 4.69) is 41.4 Å². The quantitative estimate of drug-likeness (QED) is 0.285. The lowest BCUT2D eigenvalue weighted by molar-refractivity contribution is 0.0972. The van der Waals surface area contributed by atoms with Crippen molar-refractivity contribution in [3.8, 4) is 5.75 Å². The highest BCUT2D eigenvalue weighted by Gasteiger charge is 2.24. The Labute approximate surface area is 198 Å². The number of ether oxygens (including phenoxy) is 1. The molecule has 166 valence electrons. The number of benzene rings is 3. The van der Waals surface area contributed by atoms with Crippen LogP contribution in [0.1, 0.15) is 46.0 Å². The van der Waals surface area contributed by atoms with E-state index in [-0.39, 0.29) is 11.9 Å². The highest BCUT2D eigenvalue weighted by Crippen LogP contribution is 2.37. The smallest absolute Gasteiger partial charge is 0.163 e. The van der Waals surface area contributed by atoms with Crippen molar-refractivity contribution in [3.63, 3.8) is 0 Å². The average Bonchev–Trinajstić information content (AvgIpc) is 3.37. The minimum Gasteiger partial charge on any atom is -0.484 e. The molecule has 33 heavy (non-hydrogen) atoms. The molecule has 0 fully saturated rings. The number of nitrogens with zero attached hydrogens (tertiary/aromatic N) is 2. The fourth-order valence-corrected chi connectivity index (χ4v) is 5.31. The summed E-state index contributed by atoms with van der Waals surface area (Å²) in [6.07, 6.45) is 7.84. The second kappa shape index (κ2) is 10.1. The molecule has 1 aromatic heterocycles. The third kappa shape index (κ3) is 5.04. The van der Waals surface area contributed by atoms with Gasteiger partial charge in [-0.3, -0.25) is 4.79 Å².